The molecule has 0 bridgehead atoms. The zero-order valence-corrected chi connectivity index (χ0v) is 25.1. The van der Waals surface area contributed by atoms with Crippen LogP contribution < -0.4 is 0 Å². The van der Waals surface area contributed by atoms with Crippen LogP contribution in [-0.2, 0) is 26.8 Å². The lowest BCUT2D eigenvalue weighted by molar-refractivity contribution is -0.155. The minimum atomic E-state index is -0.773. The Morgan fingerprint density at radius 1 is 1.03 bits per heavy atom. The highest BCUT2D eigenvalue weighted by molar-refractivity contribution is 7.84. The van der Waals surface area contributed by atoms with Gasteiger partial charge in [-0.3, -0.25) is 13.4 Å². The van der Waals surface area contributed by atoms with Gasteiger partial charge in [-0.15, -0.1) is 0 Å². The van der Waals surface area contributed by atoms with Crippen molar-refractivity contribution in [3.63, 3.8) is 0 Å². The van der Waals surface area contributed by atoms with Gasteiger partial charge >= 0.3 is 5.97 Å². The van der Waals surface area contributed by atoms with Gasteiger partial charge in [-0.1, -0.05) is 51.5 Å². The fourth-order valence-corrected chi connectivity index (χ4v) is 9.67. The summed E-state index contributed by atoms with van der Waals surface area (Å²) in [6.45, 7) is 3.64. The van der Waals surface area contributed by atoms with Gasteiger partial charge in [0.2, 0.25) is 0 Å². The first kappa shape index (κ1) is 30.5. The molecule has 0 amide bonds. The average Bonchev–Trinajstić information content (AvgIpc) is 3.22. The Morgan fingerprint density at radius 3 is 2.44 bits per heavy atom. The van der Waals surface area contributed by atoms with E-state index in [2.05, 4.69) is 13.0 Å². The van der Waals surface area contributed by atoms with Crippen molar-refractivity contribution in [1.82, 2.24) is 0 Å². The molecule has 3 aliphatic rings. The largest absolute Gasteiger partial charge is 0.508 e. The van der Waals surface area contributed by atoms with E-state index in [4.69, 9.17) is 4.74 Å². The highest BCUT2D eigenvalue weighted by Gasteiger charge is 2.57. The Kier molecular flexibility index (Phi) is 11.3. The van der Waals surface area contributed by atoms with Gasteiger partial charge < -0.3 is 9.84 Å². The third-order valence-corrected chi connectivity index (χ3v) is 11.8. The van der Waals surface area contributed by atoms with E-state index in [1.54, 1.807) is 6.92 Å². The summed E-state index contributed by atoms with van der Waals surface area (Å²) in [6, 6.07) is 6.06. The number of halogens is 1. The summed E-state index contributed by atoms with van der Waals surface area (Å²) < 4.78 is 30.0. The molecule has 7 atom stereocenters. The van der Waals surface area contributed by atoms with E-state index in [-0.39, 0.29) is 24.2 Å². The lowest BCUT2D eigenvalue weighted by atomic mass is 9.52. The van der Waals surface area contributed by atoms with Crippen molar-refractivity contribution in [2.45, 2.75) is 122 Å². The number of hydrogen-bond donors (Lipinski definition) is 1. The van der Waals surface area contributed by atoms with Crippen LogP contribution in [0.3, 0.4) is 0 Å². The maximum Gasteiger partial charge on any atom is 0.302 e. The molecule has 0 aromatic heterocycles. The molecule has 39 heavy (non-hydrogen) atoms. The maximum absolute atomic E-state index is 12.2. The zero-order chi connectivity index (χ0) is 27.8. The van der Waals surface area contributed by atoms with Crippen molar-refractivity contribution in [3.8, 4) is 5.75 Å². The summed E-state index contributed by atoms with van der Waals surface area (Å²) in [5.74, 6) is 4.06. The molecule has 1 N–H and O–H groups in total. The van der Waals surface area contributed by atoms with E-state index in [9.17, 15) is 18.5 Å². The maximum atomic E-state index is 12.2. The lowest BCUT2D eigenvalue weighted by Crippen LogP contribution is -2.48. The molecule has 0 spiro atoms. The minimum absolute atomic E-state index is 0.0513. The number of carbonyl (C=O) groups excluding carboxylic acids is 1. The lowest BCUT2D eigenvalue weighted by Gasteiger charge is -2.53. The number of phenols is 1. The molecule has 2 fully saturated rings. The van der Waals surface area contributed by atoms with Crippen LogP contribution in [0.4, 0.5) is 4.39 Å². The first-order chi connectivity index (χ1) is 18.8. The van der Waals surface area contributed by atoms with Crippen molar-refractivity contribution >= 4 is 16.8 Å². The van der Waals surface area contributed by atoms with Crippen LogP contribution in [0, 0.1) is 23.2 Å². The number of esters is 1. The van der Waals surface area contributed by atoms with Crippen LogP contribution in [0.25, 0.3) is 0 Å². The van der Waals surface area contributed by atoms with Gasteiger partial charge in [-0.25, -0.2) is 0 Å². The standard InChI is InChI=1S/C33H51FO4S/c1-24(35)38-31-16-15-30-32-25(12-8-6-4-3-5-7-10-20-39(37)21-11-9-19-34)22-26-23-27(36)13-14-28(26)29(32)17-18-33(30,31)2/h13-14,23,25,29-32,36H,3-12,15-22H2,1-2H3/t25?,29?,30?,31-,32?,33-,39?/m0/s1. The molecule has 1 aromatic rings. The van der Waals surface area contributed by atoms with Crippen LogP contribution in [0.1, 0.15) is 121 Å². The number of hydrogen-bond acceptors (Lipinski definition) is 4. The number of rotatable bonds is 15. The fraction of sp³-hybridized carbons (Fsp3) is 0.788. The smallest absolute Gasteiger partial charge is 0.302 e. The molecule has 220 valence electrons. The Labute approximate surface area is 238 Å². The highest BCUT2D eigenvalue weighted by atomic mass is 32.2. The second-order valence-electron chi connectivity index (χ2n) is 12.9. The average molecular weight is 563 g/mol. The van der Waals surface area contributed by atoms with Gasteiger partial charge in [-0.2, -0.15) is 0 Å². The summed E-state index contributed by atoms with van der Waals surface area (Å²) in [7, 11) is -0.773. The van der Waals surface area contributed by atoms with E-state index in [1.807, 2.05) is 12.1 Å². The number of unbranched alkanes of at least 4 members (excludes halogenated alkanes) is 7. The highest BCUT2D eigenvalue weighted by Crippen LogP contribution is 2.63. The molecule has 0 radical (unpaired) electrons. The van der Waals surface area contributed by atoms with Crippen molar-refractivity contribution < 1.29 is 23.2 Å². The summed E-state index contributed by atoms with van der Waals surface area (Å²) in [5.41, 5.74) is 2.88. The first-order valence-electron chi connectivity index (χ1n) is 15.7. The summed E-state index contributed by atoms with van der Waals surface area (Å²) in [5, 5.41) is 10.2. The number of alkyl halides is 1. The normalized spacial score (nSPS) is 30.3. The molecule has 0 heterocycles. The van der Waals surface area contributed by atoms with Crippen LogP contribution in [-0.4, -0.2) is 39.6 Å². The van der Waals surface area contributed by atoms with Gasteiger partial charge in [0.1, 0.15) is 11.9 Å². The quantitative estimate of drug-likeness (QED) is 0.174. The SMILES string of the molecule is CC(=O)O[C@H]1CCC2C3C(CCCCCCCCCS(=O)CCCCF)Cc4cc(O)ccc4C3CC[C@@]21C. The van der Waals surface area contributed by atoms with Crippen molar-refractivity contribution in [1.29, 1.82) is 0 Å². The third-order valence-electron chi connectivity index (χ3n) is 10.3. The fourth-order valence-electron chi connectivity index (χ4n) is 8.42. The first-order valence-corrected chi connectivity index (χ1v) is 17.2. The van der Waals surface area contributed by atoms with Crippen molar-refractivity contribution in [3.05, 3.63) is 29.3 Å². The van der Waals surface area contributed by atoms with Gasteiger partial charge in [0.25, 0.3) is 0 Å². The number of ether oxygens (including phenoxy) is 1. The van der Waals surface area contributed by atoms with E-state index >= 15 is 0 Å². The number of aromatic hydroxyl groups is 1. The van der Waals surface area contributed by atoms with Gasteiger partial charge in [0.05, 0.1) is 6.67 Å². The molecule has 0 aliphatic heterocycles. The number of benzene rings is 1. The molecule has 2 saturated carbocycles. The van der Waals surface area contributed by atoms with Crippen LogP contribution in [0.5, 0.6) is 5.75 Å². The molecule has 0 saturated heterocycles. The summed E-state index contributed by atoms with van der Waals surface area (Å²) >= 11 is 0. The van der Waals surface area contributed by atoms with E-state index < -0.39 is 10.8 Å². The number of fused-ring (bicyclic) bond motifs is 5. The van der Waals surface area contributed by atoms with Gasteiger partial charge in [0, 0.05) is 34.6 Å². The van der Waals surface area contributed by atoms with E-state index in [0.717, 1.165) is 57.1 Å². The van der Waals surface area contributed by atoms with Crippen molar-refractivity contribution in [2.75, 3.05) is 18.2 Å². The topological polar surface area (TPSA) is 63.6 Å². The van der Waals surface area contributed by atoms with Crippen LogP contribution in [0.2, 0.25) is 0 Å². The molecule has 4 nitrogen and oxygen atoms in total. The minimum Gasteiger partial charge on any atom is -0.508 e. The van der Waals surface area contributed by atoms with E-state index in [1.165, 1.54) is 49.7 Å². The van der Waals surface area contributed by atoms with Crippen molar-refractivity contribution in [2.24, 2.45) is 23.2 Å². The summed E-state index contributed by atoms with van der Waals surface area (Å²) in [4.78, 5) is 11.9. The molecule has 1 aromatic carbocycles. The van der Waals surface area contributed by atoms with Gasteiger partial charge in [0.15, 0.2) is 0 Å². The van der Waals surface area contributed by atoms with E-state index in [0.29, 0.717) is 41.6 Å². The van der Waals surface area contributed by atoms with Gasteiger partial charge in [-0.05, 0) is 105 Å². The summed E-state index contributed by atoms with van der Waals surface area (Å²) in [6.07, 6.45) is 16.4. The Balaban J connectivity index is 1.27. The third kappa shape index (κ3) is 7.65. The predicted molar refractivity (Wildman–Crippen MR) is 157 cm³/mol. The number of phenolic OH excluding ortho intramolecular Hbond substituents is 1. The van der Waals surface area contributed by atoms with Crippen LogP contribution >= 0.6 is 0 Å². The number of carbonyl (C=O) groups is 1. The predicted octanol–water partition coefficient (Wildman–Crippen LogP) is 8.03. The molecule has 3 aliphatic carbocycles. The molecule has 5 unspecified atom stereocenters. The van der Waals surface area contributed by atoms with Crippen LogP contribution in [0.15, 0.2) is 18.2 Å². The second-order valence-corrected chi connectivity index (χ2v) is 14.6. The molecule has 4 rings (SSSR count). The molecular weight excluding hydrogens is 511 g/mol. The Morgan fingerprint density at radius 2 is 1.72 bits per heavy atom. The molecule has 6 heteroatoms. The molecular formula is C33H51FO4S. The monoisotopic (exact) mass is 562 g/mol. The zero-order valence-electron chi connectivity index (χ0n) is 24.3. The Bertz CT molecular complexity index is 967. The Hall–Kier alpha value is -1.43. The second kappa shape index (κ2) is 14.5.